The molecule has 32 heavy (non-hydrogen) atoms. The molecule has 1 atom stereocenters. The Morgan fingerprint density at radius 1 is 1.28 bits per heavy atom. The van der Waals surface area contributed by atoms with Gasteiger partial charge >= 0.3 is 12.1 Å². The van der Waals surface area contributed by atoms with Gasteiger partial charge in [0.15, 0.2) is 11.9 Å². The van der Waals surface area contributed by atoms with Gasteiger partial charge in [0.2, 0.25) is 0 Å². The summed E-state index contributed by atoms with van der Waals surface area (Å²) in [5.41, 5.74) is 2.46. The fraction of sp³-hybridized carbons (Fsp3) is 0.391. The van der Waals surface area contributed by atoms with Gasteiger partial charge in [0.1, 0.15) is 5.69 Å². The molecule has 6 nitrogen and oxygen atoms in total. The van der Waals surface area contributed by atoms with Crippen LogP contribution >= 0.6 is 0 Å². The molecule has 1 fully saturated rings. The van der Waals surface area contributed by atoms with Crippen molar-refractivity contribution >= 4 is 22.9 Å². The van der Waals surface area contributed by atoms with Crippen LogP contribution in [0, 0.1) is 0 Å². The van der Waals surface area contributed by atoms with E-state index in [4.69, 9.17) is 9.47 Å². The highest BCUT2D eigenvalue weighted by atomic mass is 19.4. The minimum Gasteiger partial charge on any atom is -0.478 e. The molecule has 1 aliphatic heterocycles. The van der Waals surface area contributed by atoms with Gasteiger partial charge in [-0.05, 0) is 61.4 Å². The highest BCUT2D eigenvalue weighted by molar-refractivity contribution is 5.96. The van der Waals surface area contributed by atoms with Crippen molar-refractivity contribution in [2.75, 3.05) is 18.5 Å². The zero-order valence-electron chi connectivity index (χ0n) is 17.4. The molecule has 0 spiro atoms. The second-order valence-corrected chi connectivity index (χ2v) is 7.90. The van der Waals surface area contributed by atoms with Crippen LogP contribution < -0.4 is 10.1 Å². The van der Waals surface area contributed by atoms with Crippen molar-refractivity contribution in [1.82, 2.24) is 4.98 Å². The van der Waals surface area contributed by atoms with Gasteiger partial charge in [-0.15, -0.1) is 0 Å². The number of carboxylic acid groups (broad SMARTS) is 1. The summed E-state index contributed by atoms with van der Waals surface area (Å²) in [4.78, 5) is 16.1. The van der Waals surface area contributed by atoms with E-state index in [2.05, 4.69) is 10.3 Å². The molecule has 1 saturated carbocycles. The van der Waals surface area contributed by atoms with E-state index in [-0.39, 0.29) is 28.4 Å². The van der Waals surface area contributed by atoms with Crippen molar-refractivity contribution < 1.29 is 32.5 Å². The molecule has 0 amide bonds. The van der Waals surface area contributed by atoms with Crippen molar-refractivity contribution in [1.29, 1.82) is 0 Å². The summed E-state index contributed by atoms with van der Waals surface area (Å²) in [5.74, 6) is -0.836. The van der Waals surface area contributed by atoms with Crippen LogP contribution in [0.15, 0.2) is 36.5 Å². The van der Waals surface area contributed by atoms with Crippen LogP contribution in [0.1, 0.15) is 53.7 Å². The third kappa shape index (κ3) is 4.88. The number of halogens is 3. The Morgan fingerprint density at radius 3 is 2.69 bits per heavy atom. The molecule has 1 aliphatic carbocycles. The number of ether oxygens (including phenoxy) is 2. The van der Waals surface area contributed by atoms with Crippen molar-refractivity contribution in [2.45, 2.75) is 44.4 Å². The lowest BCUT2D eigenvalue weighted by molar-refractivity contribution is -0.189. The predicted octanol–water partition coefficient (Wildman–Crippen LogP) is 5.53. The SMILES string of the molecule is C[C@H](Oc1c(Nc2ccc(C3CC3)cc2C(=O)O)ccnc1C1=CCOCC1)C(F)(F)F. The van der Waals surface area contributed by atoms with Crippen LogP contribution in [0.25, 0.3) is 5.57 Å². The number of hydrogen-bond donors (Lipinski definition) is 2. The van der Waals surface area contributed by atoms with E-state index in [0.29, 0.717) is 31.1 Å². The van der Waals surface area contributed by atoms with E-state index in [0.717, 1.165) is 25.3 Å². The molecular weight excluding hydrogens is 425 g/mol. The number of anilines is 2. The molecule has 9 heteroatoms. The molecule has 2 aromatic rings. The Bertz CT molecular complexity index is 1050. The summed E-state index contributed by atoms with van der Waals surface area (Å²) in [6.45, 7) is 1.67. The number of aromatic nitrogens is 1. The summed E-state index contributed by atoms with van der Waals surface area (Å²) in [6, 6.07) is 6.57. The molecule has 2 aliphatic rings. The first-order valence-electron chi connectivity index (χ1n) is 10.4. The smallest absolute Gasteiger partial charge is 0.425 e. The Labute approximate surface area is 183 Å². The normalized spacial score (nSPS) is 17.4. The minimum absolute atomic E-state index is 0.0489. The van der Waals surface area contributed by atoms with E-state index in [1.165, 1.54) is 12.3 Å². The van der Waals surface area contributed by atoms with Crippen LogP contribution in [0.4, 0.5) is 24.5 Å². The third-order valence-corrected chi connectivity index (χ3v) is 5.52. The van der Waals surface area contributed by atoms with Gasteiger partial charge in [-0.3, -0.25) is 4.98 Å². The fourth-order valence-electron chi connectivity index (χ4n) is 3.54. The summed E-state index contributed by atoms with van der Waals surface area (Å²) in [7, 11) is 0. The van der Waals surface area contributed by atoms with Crippen LogP contribution in [-0.2, 0) is 4.74 Å². The molecule has 1 aromatic heterocycles. The van der Waals surface area contributed by atoms with Gasteiger partial charge in [-0.1, -0.05) is 12.1 Å². The quantitative estimate of drug-likeness (QED) is 0.579. The standard InChI is InChI=1S/C23H23F3N2O4/c1-13(23(24,25)26)32-21-19(6-9-27-20(21)15-7-10-31-11-8-15)28-18-5-4-16(14-2-3-14)12-17(18)22(29)30/h4-7,9,12-14H,2-3,8,10-11H2,1H3,(H,27,28)(H,29,30)/t13-/m0/s1. The average Bonchev–Trinajstić information content (AvgIpc) is 3.60. The van der Waals surface area contributed by atoms with Gasteiger partial charge in [-0.25, -0.2) is 4.79 Å². The zero-order chi connectivity index (χ0) is 22.9. The number of aromatic carboxylic acids is 1. The van der Waals surface area contributed by atoms with Gasteiger partial charge < -0.3 is 19.9 Å². The number of nitrogens with zero attached hydrogens (tertiary/aromatic N) is 1. The number of alkyl halides is 3. The van der Waals surface area contributed by atoms with Crippen LogP contribution in [0.2, 0.25) is 0 Å². The summed E-state index contributed by atoms with van der Waals surface area (Å²) < 4.78 is 50.5. The Balaban J connectivity index is 1.75. The fourth-order valence-corrected chi connectivity index (χ4v) is 3.54. The maximum absolute atomic E-state index is 13.3. The number of carbonyl (C=O) groups is 1. The number of rotatable bonds is 7. The second kappa shape index (κ2) is 8.82. The van der Waals surface area contributed by atoms with E-state index in [1.54, 1.807) is 18.2 Å². The van der Waals surface area contributed by atoms with E-state index < -0.39 is 18.2 Å². The monoisotopic (exact) mass is 448 g/mol. The number of nitrogens with one attached hydrogen (secondary N) is 1. The average molecular weight is 448 g/mol. The number of hydrogen-bond acceptors (Lipinski definition) is 5. The zero-order valence-corrected chi connectivity index (χ0v) is 17.4. The van der Waals surface area contributed by atoms with Crippen molar-refractivity contribution in [3.63, 3.8) is 0 Å². The largest absolute Gasteiger partial charge is 0.478 e. The summed E-state index contributed by atoms with van der Waals surface area (Å²) in [5, 5.41) is 12.7. The molecule has 2 heterocycles. The summed E-state index contributed by atoms with van der Waals surface area (Å²) >= 11 is 0. The molecule has 4 rings (SSSR count). The van der Waals surface area contributed by atoms with Gasteiger partial charge in [-0.2, -0.15) is 13.2 Å². The number of carboxylic acids is 1. The van der Waals surface area contributed by atoms with Crippen molar-refractivity contribution in [3.8, 4) is 5.75 Å². The molecule has 2 N–H and O–H groups in total. The first-order valence-corrected chi connectivity index (χ1v) is 10.4. The molecule has 0 unspecified atom stereocenters. The first-order chi connectivity index (χ1) is 15.2. The maximum Gasteiger partial charge on any atom is 0.425 e. The highest BCUT2D eigenvalue weighted by Gasteiger charge is 2.39. The Kier molecular flexibility index (Phi) is 6.10. The number of benzene rings is 1. The van der Waals surface area contributed by atoms with Gasteiger partial charge in [0.25, 0.3) is 0 Å². The van der Waals surface area contributed by atoms with Crippen LogP contribution in [-0.4, -0.2) is 41.6 Å². The molecular formula is C23H23F3N2O4. The lowest BCUT2D eigenvalue weighted by Crippen LogP contribution is -2.31. The number of pyridine rings is 1. The molecule has 0 radical (unpaired) electrons. The van der Waals surface area contributed by atoms with Crippen LogP contribution in [0.3, 0.4) is 0 Å². The molecule has 0 bridgehead atoms. The molecule has 1 aromatic carbocycles. The first kappa shape index (κ1) is 22.1. The lowest BCUT2D eigenvalue weighted by Gasteiger charge is -2.24. The van der Waals surface area contributed by atoms with Gasteiger partial charge in [0, 0.05) is 6.20 Å². The topological polar surface area (TPSA) is 80.7 Å². The van der Waals surface area contributed by atoms with E-state index in [9.17, 15) is 23.1 Å². The van der Waals surface area contributed by atoms with Crippen molar-refractivity contribution in [3.05, 3.63) is 53.4 Å². The third-order valence-electron chi connectivity index (χ3n) is 5.52. The Hall–Kier alpha value is -3.07. The molecule has 170 valence electrons. The predicted molar refractivity (Wildman–Crippen MR) is 112 cm³/mol. The second-order valence-electron chi connectivity index (χ2n) is 7.90. The lowest BCUT2D eigenvalue weighted by atomic mass is 10.0. The maximum atomic E-state index is 13.3. The minimum atomic E-state index is -4.58. The summed E-state index contributed by atoms with van der Waals surface area (Å²) in [6.07, 6.45) is -0.929. The van der Waals surface area contributed by atoms with Gasteiger partial charge in [0.05, 0.1) is 30.2 Å². The Morgan fingerprint density at radius 2 is 2.06 bits per heavy atom. The van der Waals surface area contributed by atoms with Crippen molar-refractivity contribution in [2.24, 2.45) is 0 Å². The van der Waals surface area contributed by atoms with Crippen LogP contribution in [0.5, 0.6) is 5.75 Å². The highest BCUT2D eigenvalue weighted by Crippen LogP contribution is 2.42. The van der Waals surface area contributed by atoms with E-state index in [1.807, 2.05) is 6.07 Å². The molecule has 0 saturated heterocycles. The van der Waals surface area contributed by atoms with E-state index >= 15 is 0 Å².